The fourth-order valence-electron chi connectivity index (χ4n) is 1.92. The average Bonchev–Trinajstić information content (AvgIpc) is 3.05. The Morgan fingerprint density at radius 3 is 3.21 bits per heavy atom. The molecule has 0 unspecified atom stereocenters. The number of hydrogen-bond acceptors (Lipinski definition) is 3. The third-order valence-corrected chi connectivity index (χ3v) is 2.95. The van der Waals surface area contributed by atoms with Crippen LogP contribution in [0, 0.1) is 6.92 Å². The first-order valence-electron chi connectivity index (χ1n) is 5.93. The van der Waals surface area contributed by atoms with Crippen LogP contribution < -0.4 is 5.32 Å². The molecule has 2 N–H and O–H groups in total. The standard InChI is InChI=1S/C13H13N5O/c1-9-2-3-18-8-15-11(12(18)4-9)7-14-13(19)10-5-16-17-6-10/h2-6,8H,7H2,1H3,(H,14,19)(H,16,17). The van der Waals surface area contributed by atoms with E-state index >= 15 is 0 Å². The number of imidazole rings is 1. The number of amides is 1. The van der Waals surface area contributed by atoms with Crippen molar-refractivity contribution in [2.45, 2.75) is 13.5 Å². The number of hydrogen-bond donors (Lipinski definition) is 2. The van der Waals surface area contributed by atoms with E-state index in [4.69, 9.17) is 0 Å². The maximum atomic E-state index is 11.8. The van der Waals surface area contributed by atoms with Gasteiger partial charge in [0.25, 0.3) is 5.91 Å². The van der Waals surface area contributed by atoms with Gasteiger partial charge in [0.05, 0.1) is 35.8 Å². The van der Waals surface area contributed by atoms with Crippen molar-refractivity contribution in [2.24, 2.45) is 0 Å². The fraction of sp³-hybridized carbons (Fsp3) is 0.154. The maximum absolute atomic E-state index is 11.8. The van der Waals surface area contributed by atoms with Crippen molar-refractivity contribution < 1.29 is 4.79 Å². The highest BCUT2D eigenvalue weighted by Gasteiger charge is 2.09. The lowest BCUT2D eigenvalue weighted by molar-refractivity contribution is 0.0950. The van der Waals surface area contributed by atoms with Crippen molar-refractivity contribution in [1.29, 1.82) is 0 Å². The second kappa shape index (κ2) is 4.56. The van der Waals surface area contributed by atoms with Crippen LogP contribution >= 0.6 is 0 Å². The number of pyridine rings is 1. The number of H-pyrrole nitrogens is 1. The molecule has 3 aromatic rings. The Kier molecular flexibility index (Phi) is 2.75. The zero-order valence-corrected chi connectivity index (χ0v) is 10.4. The highest BCUT2D eigenvalue weighted by molar-refractivity contribution is 5.93. The number of carbonyl (C=O) groups excluding carboxylic acids is 1. The number of aromatic amines is 1. The van der Waals surface area contributed by atoms with Gasteiger partial charge >= 0.3 is 0 Å². The predicted molar refractivity (Wildman–Crippen MR) is 69.7 cm³/mol. The highest BCUT2D eigenvalue weighted by Crippen LogP contribution is 2.11. The Balaban J connectivity index is 1.79. The molecular formula is C13H13N5O. The van der Waals surface area contributed by atoms with Crippen molar-refractivity contribution in [3.8, 4) is 0 Å². The molecule has 0 atom stereocenters. The van der Waals surface area contributed by atoms with Gasteiger partial charge in [-0.15, -0.1) is 0 Å². The number of fused-ring (bicyclic) bond motifs is 1. The predicted octanol–water partition coefficient (Wildman–Crippen LogP) is 1.30. The van der Waals surface area contributed by atoms with Gasteiger partial charge in [0, 0.05) is 12.4 Å². The summed E-state index contributed by atoms with van der Waals surface area (Å²) in [6.07, 6.45) is 6.75. The van der Waals surface area contributed by atoms with Crippen molar-refractivity contribution in [3.63, 3.8) is 0 Å². The van der Waals surface area contributed by atoms with Crippen LogP contribution in [-0.2, 0) is 6.54 Å². The van der Waals surface area contributed by atoms with Gasteiger partial charge in [-0.25, -0.2) is 4.98 Å². The van der Waals surface area contributed by atoms with Crippen LogP contribution in [0.25, 0.3) is 5.52 Å². The summed E-state index contributed by atoms with van der Waals surface area (Å²) in [7, 11) is 0. The van der Waals surface area contributed by atoms with E-state index in [1.54, 1.807) is 12.5 Å². The summed E-state index contributed by atoms with van der Waals surface area (Å²) in [6, 6.07) is 4.06. The zero-order valence-electron chi connectivity index (χ0n) is 10.4. The molecule has 3 aromatic heterocycles. The summed E-state index contributed by atoms with van der Waals surface area (Å²) in [5, 5.41) is 9.18. The molecule has 6 nitrogen and oxygen atoms in total. The molecule has 0 radical (unpaired) electrons. The van der Waals surface area contributed by atoms with Crippen LogP contribution in [-0.4, -0.2) is 25.5 Å². The smallest absolute Gasteiger partial charge is 0.254 e. The Hall–Kier alpha value is -2.63. The van der Waals surface area contributed by atoms with Crippen molar-refractivity contribution in [3.05, 3.63) is 53.9 Å². The number of aromatic nitrogens is 4. The molecule has 0 aliphatic carbocycles. The minimum atomic E-state index is -0.164. The summed E-state index contributed by atoms with van der Waals surface area (Å²) in [6.45, 7) is 2.42. The largest absolute Gasteiger partial charge is 0.346 e. The number of carbonyl (C=O) groups is 1. The van der Waals surface area contributed by atoms with Gasteiger partial charge in [-0.2, -0.15) is 5.10 Å². The Morgan fingerprint density at radius 2 is 2.42 bits per heavy atom. The molecule has 3 heterocycles. The number of nitrogens with zero attached hydrogens (tertiary/aromatic N) is 3. The van der Waals surface area contributed by atoms with E-state index in [2.05, 4.69) is 20.5 Å². The van der Waals surface area contributed by atoms with Gasteiger partial charge in [0.2, 0.25) is 0 Å². The van der Waals surface area contributed by atoms with E-state index in [1.165, 1.54) is 6.20 Å². The monoisotopic (exact) mass is 255 g/mol. The first-order chi connectivity index (χ1) is 9.24. The molecule has 19 heavy (non-hydrogen) atoms. The van der Waals surface area contributed by atoms with Gasteiger partial charge in [-0.05, 0) is 24.6 Å². The number of rotatable bonds is 3. The Labute approximate surface area is 109 Å². The topological polar surface area (TPSA) is 75.1 Å². The molecule has 0 aromatic carbocycles. The van der Waals surface area contributed by atoms with Crippen LogP contribution in [0.5, 0.6) is 0 Å². The highest BCUT2D eigenvalue weighted by atomic mass is 16.1. The van der Waals surface area contributed by atoms with Gasteiger partial charge in [0.15, 0.2) is 0 Å². The first-order valence-corrected chi connectivity index (χ1v) is 5.93. The molecule has 6 heteroatoms. The van der Waals surface area contributed by atoms with E-state index in [0.29, 0.717) is 12.1 Å². The third-order valence-electron chi connectivity index (χ3n) is 2.95. The van der Waals surface area contributed by atoms with Crippen LogP contribution in [0.1, 0.15) is 21.6 Å². The normalized spacial score (nSPS) is 10.8. The van der Waals surface area contributed by atoms with Crippen LogP contribution in [0.15, 0.2) is 37.1 Å². The summed E-state index contributed by atoms with van der Waals surface area (Å²) in [5.74, 6) is -0.164. The summed E-state index contributed by atoms with van der Waals surface area (Å²) < 4.78 is 1.94. The summed E-state index contributed by atoms with van der Waals surface area (Å²) >= 11 is 0. The molecule has 0 saturated carbocycles. The minimum Gasteiger partial charge on any atom is -0.346 e. The lowest BCUT2D eigenvalue weighted by atomic mass is 10.2. The average molecular weight is 255 g/mol. The van der Waals surface area contributed by atoms with E-state index in [1.807, 2.05) is 29.7 Å². The minimum absolute atomic E-state index is 0.164. The molecule has 0 fully saturated rings. The number of aryl methyl sites for hydroxylation is 1. The lowest BCUT2D eigenvalue weighted by Crippen LogP contribution is -2.22. The quantitative estimate of drug-likeness (QED) is 0.740. The second-order valence-corrected chi connectivity index (χ2v) is 4.36. The van der Waals surface area contributed by atoms with Crippen molar-refractivity contribution >= 4 is 11.4 Å². The molecule has 1 amide bonds. The fourth-order valence-corrected chi connectivity index (χ4v) is 1.92. The molecular weight excluding hydrogens is 242 g/mol. The van der Waals surface area contributed by atoms with E-state index in [9.17, 15) is 4.79 Å². The molecule has 3 rings (SSSR count). The van der Waals surface area contributed by atoms with Gasteiger partial charge in [0.1, 0.15) is 0 Å². The van der Waals surface area contributed by atoms with E-state index in [0.717, 1.165) is 16.8 Å². The third kappa shape index (κ3) is 2.20. The van der Waals surface area contributed by atoms with Crippen LogP contribution in [0.3, 0.4) is 0 Å². The van der Waals surface area contributed by atoms with Gasteiger partial charge < -0.3 is 9.72 Å². The van der Waals surface area contributed by atoms with Crippen molar-refractivity contribution in [1.82, 2.24) is 24.9 Å². The SMILES string of the molecule is Cc1ccn2cnc(CNC(=O)c3cn[nH]c3)c2c1. The second-order valence-electron chi connectivity index (χ2n) is 4.36. The van der Waals surface area contributed by atoms with Gasteiger partial charge in [-0.3, -0.25) is 9.89 Å². The molecule has 0 spiro atoms. The maximum Gasteiger partial charge on any atom is 0.254 e. The summed E-state index contributed by atoms with van der Waals surface area (Å²) in [5.41, 5.74) is 3.53. The number of nitrogens with one attached hydrogen (secondary N) is 2. The Bertz CT molecular complexity index is 714. The first kappa shape index (κ1) is 11.5. The van der Waals surface area contributed by atoms with Crippen LogP contribution in [0.4, 0.5) is 0 Å². The van der Waals surface area contributed by atoms with Gasteiger partial charge in [-0.1, -0.05) is 0 Å². The van der Waals surface area contributed by atoms with E-state index < -0.39 is 0 Å². The molecule has 0 aliphatic rings. The molecule has 0 aliphatic heterocycles. The summed E-state index contributed by atoms with van der Waals surface area (Å²) in [4.78, 5) is 16.1. The van der Waals surface area contributed by atoms with E-state index in [-0.39, 0.29) is 5.91 Å². The van der Waals surface area contributed by atoms with Crippen LogP contribution in [0.2, 0.25) is 0 Å². The zero-order chi connectivity index (χ0) is 13.2. The molecule has 0 saturated heterocycles. The molecule has 96 valence electrons. The molecule has 0 bridgehead atoms. The Morgan fingerprint density at radius 1 is 1.53 bits per heavy atom. The van der Waals surface area contributed by atoms with Crippen molar-refractivity contribution in [2.75, 3.05) is 0 Å². The lowest BCUT2D eigenvalue weighted by Gasteiger charge is -2.02.